The summed E-state index contributed by atoms with van der Waals surface area (Å²) in [6.45, 7) is 4.40. The zero-order valence-corrected chi connectivity index (χ0v) is 16.7. The summed E-state index contributed by atoms with van der Waals surface area (Å²) in [5.41, 5.74) is 2.87. The van der Waals surface area contributed by atoms with Crippen LogP contribution in [0.25, 0.3) is 0 Å². The Morgan fingerprint density at radius 1 is 1.11 bits per heavy atom. The first kappa shape index (κ1) is 19.8. The fourth-order valence-corrected chi connectivity index (χ4v) is 2.83. The van der Waals surface area contributed by atoms with Crippen LogP contribution in [-0.4, -0.2) is 23.5 Å². The Morgan fingerprint density at radius 3 is 2.46 bits per heavy atom. The van der Waals surface area contributed by atoms with Crippen molar-refractivity contribution in [2.45, 2.75) is 26.7 Å². The quantitative estimate of drug-likeness (QED) is 0.645. The predicted octanol–water partition coefficient (Wildman–Crippen LogP) is 3.87. The van der Waals surface area contributed by atoms with Gasteiger partial charge in [-0.25, -0.2) is 0 Å². The van der Waals surface area contributed by atoms with Crippen LogP contribution in [0, 0.1) is 12.8 Å². The van der Waals surface area contributed by atoms with Crippen LogP contribution >= 0.6 is 12.2 Å². The monoisotopic (exact) mass is 397 g/mol. The normalized spacial score (nSPS) is 12.8. The lowest BCUT2D eigenvalue weighted by atomic mass is 10.1. The standard InChI is InChI=1S/C21H23N3O3S/c1-3-27-17-10-7-15(8-11-17)20(26)24-21(28)22-16-9-4-13(2)18(12-16)23-19(25)14-5-6-14/h4,7-12,14H,3,5-6H2,1-2H3,(H,23,25)(H2,22,24,26,28). The van der Waals surface area contributed by atoms with Crippen LogP contribution in [0.4, 0.5) is 11.4 Å². The summed E-state index contributed by atoms with van der Waals surface area (Å²) in [6.07, 6.45) is 1.90. The summed E-state index contributed by atoms with van der Waals surface area (Å²) in [7, 11) is 0. The first-order valence-electron chi connectivity index (χ1n) is 9.23. The highest BCUT2D eigenvalue weighted by Crippen LogP contribution is 2.31. The van der Waals surface area contributed by atoms with Crippen LogP contribution in [-0.2, 0) is 4.79 Å². The van der Waals surface area contributed by atoms with Gasteiger partial charge in [-0.3, -0.25) is 14.9 Å². The summed E-state index contributed by atoms with van der Waals surface area (Å²) >= 11 is 5.24. The summed E-state index contributed by atoms with van der Waals surface area (Å²) < 4.78 is 5.37. The lowest BCUT2D eigenvalue weighted by Gasteiger charge is -2.13. The maximum absolute atomic E-state index is 12.3. The van der Waals surface area contributed by atoms with Gasteiger partial charge in [0.2, 0.25) is 5.91 Å². The highest BCUT2D eigenvalue weighted by molar-refractivity contribution is 7.80. The van der Waals surface area contributed by atoms with E-state index < -0.39 is 0 Å². The molecule has 1 saturated carbocycles. The van der Waals surface area contributed by atoms with Gasteiger partial charge in [0.25, 0.3) is 5.91 Å². The number of aryl methyl sites for hydroxylation is 1. The van der Waals surface area contributed by atoms with Gasteiger partial charge < -0.3 is 15.4 Å². The Hall–Kier alpha value is -2.93. The van der Waals surface area contributed by atoms with Gasteiger partial charge in [0.1, 0.15) is 5.75 Å². The first-order valence-corrected chi connectivity index (χ1v) is 9.64. The number of thiocarbonyl (C=S) groups is 1. The van der Waals surface area contributed by atoms with Gasteiger partial charge in [-0.2, -0.15) is 0 Å². The average Bonchev–Trinajstić information content (AvgIpc) is 3.50. The molecule has 2 aromatic carbocycles. The zero-order valence-electron chi connectivity index (χ0n) is 15.9. The highest BCUT2D eigenvalue weighted by atomic mass is 32.1. The molecule has 0 heterocycles. The van der Waals surface area contributed by atoms with Crippen LogP contribution in [0.3, 0.4) is 0 Å². The van der Waals surface area contributed by atoms with Gasteiger partial charge in [-0.1, -0.05) is 6.07 Å². The number of nitrogens with one attached hydrogen (secondary N) is 3. The van der Waals surface area contributed by atoms with Crippen molar-refractivity contribution in [1.29, 1.82) is 0 Å². The molecule has 2 amide bonds. The Balaban J connectivity index is 1.59. The van der Waals surface area contributed by atoms with Gasteiger partial charge in [-0.15, -0.1) is 0 Å². The number of rotatable bonds is 6. The first-order chi connectivity index (χ1) is 13.5. The third-order valence-electron chi connectivity index (χ3n) is 4.36. The molecule has 0 spiro atoms. The molecule has 7 heteroatoms. The molecule has 1 aliphatic rings. The minimum atomic E-state index is -0.310. The predicted molar refractivity (Wildman–Crippen MR) is 114 cm³/mol. The topological polar surface area (TPSA) is 79.5 Å². The molecule has 146 valence electrons. The molecule has 0 aliphatic heterocycles. The molecule has 6 nitrogen and oxygen atoms in total. The number of hydrogen-bond donors (Lipinski definition) is 3. The smallest absolute Gasteiger partial charge is 0.257 e. The Kier molecular flexibility index (Phi) is 6.26. The van der Waals surface area contributed by atoms with Crippen LogP contribution in [0.2, 0.25) is 0 Å². The molecule has 3 rings (SSSR count). The van der Waals surface area contributed by atoms with E-state index in [0.717, 1.165) is 24.1 Å². The Labute approximate surface area is 169 Å². The van der Waals surface area contributed by atoms with Crippen molar-refractivity contribution in [3.05, 3.63) is 53.6 Å². The third-order valence-corrected chi connectivity index (χ3v) is 4.56. The minimum Gasteiger partial charge on any atom is -0.494 e. The van der Waals surface area contributed by atoms with E-state index in [1.165, 1.54) is 0 Å². The van der Waals surface area contributed by atoms with Crippen LogP contribution < -0.4 is 20.7 Å². The molecule has 1 aliphatic carbocycles. The zero-order chi connectivity index (χ0) is 20.1. The maximum Gasteiger partial charge on any atom is 0.257 e. The summed E-state index contributed by atoms with van der Waals surface area (Å²) in [6, 6.07) is 12.4. The van der Waals surface area contributed by atoms with Gasteiger partial charge in [0.15, 0.2) is 5.11 Å². The van der Waals surface area contributed by atoms with Crippen molar-refractivity contribution >= 4 is 40.5 Å². The molecule has 0 radical (unpaired) electrons. The number of amides is 2. The van der Waals surface area contributed by atoms with Gasteiger partial charge in [-0.05, 0) is 80.9 Å². The lowest BCUT2D eigenvalue weighted by molar-refractivity contribution is -0.117. The maximum atomic E-state index is 12.3. The lowest BCUT2D eigenvalue weighted by Crippen LogP contribution is -2.34. The van der Waals surface area contributed by atoms with E-state index in [2.05, 4.69) is 16.0 Å². The van der Waals surface area contributed by atoms with Crippen molar-refractivity contribution in [3.63, 3.8) is 0 Å². The second-order valence-electron chi connectivity index (χ2n) is 6.66. The largest absolute Gasteiger partial charge is 0.494 e. The third kappa shape index (κ3) is 5.29. The second-order valence-corrected chi connectivity index (χ2v) is 7.07. The molecule has 0 bridgehead atoms. The highest BCUT2D eigenvalue weighted by Gasteiger charge is 2.29. The summed E-state index contributed by atoms with van der Waals surface area (Å²) in [4.78, 5) is 24.3. The van der Waals surface area contributed by atoms with Crippen LogP contribution in [0.5, 0.6) is 5.75 Å². The SMILES string of the molecule is CCOc1ccc(C(=O)NC(=S)Nc2ccc(C)c(NC(=O)C3CC3)c2)cc1. The number of carbonyl (C=O) groups is 2. The van der Waals surface area contributed by atoms with Gasteiger partial charge in [0, 0.05) is 22.9 Å². The van der Waals surface area contributed by atoms with E-state index in [0.29, 0.717) is 23.6 Å². The number of anilines is 2. The Morgan fingerprint density at radius 2 is 1.82 bits per heavy atom. The molecular formula is C21H23N3O3S. The molecule has 28 heavy (non-hydrogen) atoms. The van der Waals surface area contributed by atoms with Gasteiger partial charge >= 0.3 is 0 Å². The molecule has 1 fully saturated rings. The minimum absolute atomic E-state index is 0.0478. The molecule has 0 saturated heterocycles. The van der Waals surface area contributed by atoms with Crippen molar-refractivity contribution in [1.82, 2.24) is 5.32 Å². The Bertz CT molecular complexity index is 892. The van der Waals surface area contributed by atoms with E-state index in [1.54, 1.807) is 24.3 Å². The van der Waals surface area contributed by atoms with Crippen molar-refractivity contribution in [3.8, 4) is 5.75 Å². The van der Waals surface area contributed by atoms with E-state index in [4.69, 9.17) is 17.0 Å². The fourth-order valence-electron chi connectivity index (χ4n) is 2.62. The fraction of sp³-hybridized carbons (Fsp3) is 0.286. The molecule has 0 aromatic heterocycles. The van der Waals surface area contributed by atoms with Crippen molar-refractivity contribution in [2.75, 3.05) is 17.2 Å². The van der Waals surface area contributed by atoms with Crippen LogP contribution in [0.15, 0.2) is 42.5 Å². The summed E-state index contributed by atoms with van der Waals surface area (Å²) in [5.74, 6) is 0.576. The van der Waals surface area contributed by atoms with E-state index in [9.17, 15) is 9.59 Å². The van der Waals surface area contributed by atoms with E-state index in [1.807, 2.05) is 32.0 Å². The molecule has 2 aromatic rings. The van der Waals surface area contributed by atoms with E-state index >= 15 is 0 Å². The number of benzene rings is 2. The molecule has 0 atom stereocenters. The second kappa shape index (κ2) is 8.84. The van der Waals surface area contributed by atoms with Crippen LogP contribution in [0.1, 0.15) is 35.7 Å². The van der Waals surface area contributed by atoms with Crippen molar-refractivity contribution in [2.24, 2.45) is 5.92 Å². The number of ether oxygens (including phenoxy) is 1. The number of carbonyl (C=O) groups excluding carboxylic acids is 2. The number of hydrogen-bond acceptors (Lipinski definition) is 4. The average molecular weight is 398 g/mol. The molecule has 3 N–H and O–H groups in total. The van der Waals surface area contributed by atoms with E-state index in [-0.39, 0.29) is 22.8 Å². The van der Waals surface area contributed by atoms with Crippen molar-refractivity contribution < 1.29 is 14.3 Å². The summed E-state index contributed by atoms with van der Waals surface area (Å²) in [5, 5.41) is 8.77. The van der Waals surface area contributed by atoms with Gasteiger partial charge in [0.05, 0.1) is 6.61 Å². The molecular weight excluding hydrogens is 374 g/mol. The molecule has 0 unspecified atom stereocenters.